The number of benzene rings is 2. The number of hydrogen-bond acceptors (Lipinski definition) is 3. The van der Waals surface area contributed by atoms with Gasteiger partial charge in [0.05, 0.1) is 6.54 Å². The molecule has 0 radical (unpaired) electrons. The standard InChI is InChI=1S/C21H20N2O2/c1-16-12-13-22-23(16)15-19-14-21(20(24)25-19,17-8-4-2-5-9-17)18-10-6-3-7-11-18/h2-13,19H,14-15H2,1H3. The summed E-state index contributed by atoms with van der Waals surface area (Å²) in [6.07, 6.45) is 2.18. The van der Waals surface area contributed by atoms with E-state index >= 15 is 0 Å². The van der Waals surface area contributed by atoms with E-state index < -0.39 is 5.41 Å². The number of aromatic nitrogens is 2. The summed E-state index contributed by atoms with van der Waals surface area (Å²) >= 11 is 0. The van der Waals surface area contributed by atoms with Gasteiger partial charge in [-0.05, 0) is 24.1 Å². The Labute approximate surface area is 147 Å². The van der Waals surface area contributed by atoms with E-state index in [1.807, 2.05) is 78.3 Å². The molecule has 3 aromatic rings. The van der Waals surface area contributed by atoms with Gasteiger partial charge in [0.1, 0.15) is 11.5 Å². The van der Waals surface area contributed by atoms with Crippen molar-refractivity contribution in [1.82, 2.24) is 9.78 Å². The van der Waals surface area contributed by atoms with Crippen LogP contribution in [0.4, 0.5) is 0 Å². The van der Waals surface area contributed by atoms with Crippen molar-refractivity contribution < 1.29 is 9.53 Å². The fourth-order valence-corrected chi connectivity index (χ4v) is 3.69. The molecule has 25 heavy (non-hydrogen) atoms. The van der Waals surface area contributed by atoms with Gasteiger partial charge in [0.25, 0.3) is 0 Å². The number of rotatable bonds is 4. The van der Waals surface area contributed by atoms with Crippen molar-refractivity contribution in [2.45, 2.75) is 31.4 Å². The summed E-state index contributed by atoms with van der Waals surface area (Å²) in [6.45, 7) is 2.58. The van der Waals surface area contributed by atoms with Crippen molar-refractivity contribution in [1.29, 1.82) is 0 Å². The zero-order chi connectivity index (χ0) is 17.3. The van der Waals surface area contributed by atoms with Crippen LogP contribution in [-0.4, -0.2) is 21.9 Å². The number of ether oxygens (including phenoxy) is 1. The summed E-state index contributed by atoms with van der Waals surface area (Å²) in [4.78, 5) is 13.1. The first-order valence-corrected chi connectivity index (χ1v) is 8.51. The zero-order valence-electron chi connectivity index (χ0n) is 14.1. The van der Waals surface area contributed by atoms with Gasteiger partial charge in [0.15, 0.2) is 0 Å². The van der Waals surface area contributed by atoms with Gasteiger partial charge in [-0.2, -0.15) is 5.10 Å². The summed E-state index contributed by atoms with van der Waals surface area (Å²) in [6, 6.07) is 21.8. The number of cyclic esters (lactones) is 1. The molecule has 0 saturated carbocycles. The topological polar surface area (TPSA) is 44.1 Å². The van der Waals surface area contributed by atoms with E-state index in [1.165, 1.54) is 0 Å². The van der Waals surface area contributed by atoms with Crippen LogP contribution in [0, 0.1) is 6.92 Å². The first-order chi connectivity index (χ1) is 12.2. The Hall–Kier alpha value is -2.88. The number of aryl methyl sites for hydroxylation is 1. The third-order valence-corrected chi connectivity index (χ3v) is 4.99. The van der Waals surface area contributed by atoms with Gasteiger partial charge in [-0.25, -0.2) is 0 Å². The molecule has 0 aliphatic carbocycles. The smallest absolute Gasteiger partial charge is 0.321 e. The van der Waals surface area contributed by atoms with E-state index in [1.54, 1.807) is 6.20 Å². The largest absolute Gasteiger partial charge is 0.459 e. The minimum Gasteiger partial charge on any atom is -0.459 e. The molecule has 126 valence electrons. The summed E-state index contributed by atoms with van der Waals surface area (Å²) in [5, 5.41) is 4.32. The molecule has 4 nitrogen and oxygen atoms in total. The molecule has 1 atom stereocenters. The van der Waals surface area contributed by atoms with Crippen molar-refractivity contribution in [3.63, 3.8) is 0 Å². The molecule has 4 rings (SSSR count). The molecule has 0 N–H and O–H groups in total. The summed E-state index contributed by atoms with van der Waals surface area (Å²) in [5.74, 6) is -0.181. The SMILES string of the molecule is Cc1ccnn1CC1CC(c2ccccc2)(c2ccccc2)C(=O)O1. The molecule has 2 aromatic carbocycles. The average Bonchev–Trinajstić information content (AvgIpc) is 3.20. The molecule has 0 spiro atoms. The highest BCUT2D eigenvalue weighted by Crippen LogP contribution is 2.43. The Kier molecular flexibility index (Phi) is 3.88. The maximum atomic E-state index is 13.1. The fourth-order valence-electron chi connectivity index (χ4n) is 3.69. The Morgan fingerprint density at radius 3 is 2.16 bits per heavy atom. The van der Waals surface area contributed by atoms with Gasteiger partial charge < -0.3 is 4.74 Å². The predicted octanol–water partition coefficient (Wildman–Crippen LogP) is 3.49. The van der Waals surface area contributed by atoms with Gasteiger partial charge in [-0.3, -0.25) is 9.48 Å². The molecule has 4 heteroatoms. The quantitative estimate of drug-likeness (QED) is 0.687. The lowest BCUT2D eigenvalue weighted by molar-refractivity contribution is -0.145. The van der Waals surface area contributed by atoms with Gasteiger partial charge in [0.2, 0.25) is 0 Å². The highest BCUT2D eigenvalue weighted by Gasteiger charge is 2.51. The molecule has 1 aliphatic rings. The van der Waals surface area contributed by atoms with Crippen molar-refractivity contribution in [2.75, 3.05) is 0 Å². The molecule has 0 amide bonds. The third kappa shape index (κ3) is 2.64. The normalized spacial score (nSPS) is 18.9. The zero-order valence-corrected chi connectivity index (χ0v) is 14.1. The van der Waals surface area contributed by atoms with E-state index in [9.17, 15) is 4.79 Å². The van der Waals surface area contributed by atoms with E-state index in [0.717, 1.165) is 16.8 Å². The Morgan fingerprint density at radius 1 is 1.04 bits per heavy atom. The lowest BCUT2D eigenvalue weighted by Crippen LogP contribution is -2.33. The van der Waals surface area contributed by atoms with E-state index in [2.05, 4.69) is 5.10 Å². The molecule has 1 fully saturated rings. The molecule has 1 aliphatic heterocycles. The van der Waals surface area contributed by atoms with E-state index in [0.29, 0.717) is 13.0 Å². The van der Waals surface area contributed by atoms with Crippen molar-refractivity contribution in [3.8, 4) is 0 Å². The molecule has 1 saturated heterocycles. The minimum atomic E-state index is -0.756. The van der Waals surface area contributed by atoms with Crippen LogP contribution < -0.4 is 0 Å². The molecule has 1 aromatic heterocycles. The number of esters is 1. The summed E-state index contributed by atoms with van der Waals surface area (Å²) in [5.41, 5.74) is 2.26. The first-order valence-electron chi connectivity index (χ1n) is 8.51. The highest BCUT2D eigenvalue weighted by molar-refractivity contribution is 5.89. The van der Waals surface area contributed by atoms with Crippen LogP contribution in [0.5, 0.6) is 0 Å². The second-order valence-corrected chi connectivity index (χ2v) is 6.52. The van der Waals surface area contributed by atoms with E-state index in [4.69, 9.17) is 4.74 Å². The monoisotopic (exact) mass is 332 g/mol. The summed E-state index contributed by atoms with van der Waals surface area (Å²) in [7, 11) is 0. The number of carbonyl (C=O) groups excluding carboxylic acids is 1. The maximum absolute atomic E-state index is 13.1. The Balaban J connectivity index is 1.74. The van der Waals surface area contributed by atoms with Crippen LogP contribution in [0.15, 0.2) is 72.9 Å². The van der Waals surface area contributed by atoms with Crippen LogP contribution in [0.25, 0.3) is 0 Å². The van der Waals surface area contributed by atoms with Crippen LogP contribution in [-0.2, 0) is 21.5 Å². The van der Waals surface area contributed by atoms with Gasteiger partial charge in [-0.15, -0.1) is 0 Å². The maximum Gasteiger partial charge on any atom is 0.321 e. The highest BCUT2D eigenvalue weighted by atomic mass is 16.6. The van der Waals surface area contributed by atoms with Gasteiger partial charge in [0, 0.05) is 18.3 Å². The number of hydrogen-bond donors (Lipinski definition) is 0. The van der Waals surface area contributed by atoms with Gasteiger partial charge in [-0.1, -0.05) is 60.7 Å². The summed E-state index contributed by atoms with van der Waals surface area (Å²) < 4.78 is 7.71. The van der Waals surface area contributed by atoms with Crippen molar-refractivity contribution >= 4 is 5.97 Å². The van der Waals surface area contributed by atoms with Crippen LogP contribution in [0.1, 0.15) is 23.2 Å². The predicted molar refractivity (Wildman–Crippen MR) is 95.1 cm³/mol. The molecule has 2 heterocycles. The van der Waals surface area contributed by atoms with Crippen LogP contribution in [0.3, 0.4) is 0 Å². The van der Waals surface area contributed by atoms with Gasteiger partial charge >= 0.3 is 5.97 Å². The molecule has 1 unspecified atom stereocenters. The second kappa shape index (κ2) is 6.20. The van der Waals surface area contributed by atoms with Crippen LogP contribution in [0.2, 0.25) is 0 Å². The van der Waals surface area contributed by atoms with Crippen molar-refractivity contribution in [3.05, 3.63) is 89.7 Å². The van der Waals surface area contributed by atoms with Crippen LogP contribution >= 0.6 is 0 Å². The lowest BCUT2D eigenvalue weighted by Gasteiger charge is -2.26. The Bertz CT molecular complexity index is 832. The molecular formula is C21H20N2O2. The molecular weight excluding hydrogens is 312 g/mol. The van der Waals surface area contributed by atoms with E-state index in [-0.39, 0.29) is 12.1 Å². The Morgan fingerprint density at radius 2 is 1.64 bits per heavy atom. The number of carbonyl (C=O) groups is 1. The fraction of sp³-hybridized carbons (Fsp3) is 0.238. The molecule has 0 bridgehead atoms. The number of nitrogens with zero attached hydrogens (tertiary/aromatic N) is 2. The average molecular weight is 332 g/mol. The lowest BCUT2D eigenvalue weighted by atomic mass is 9.72. The van der Waals surface area contributed by atoms with Crippen molar-refractivity contribution in [2.24, 2.45) is 0 Å². The third-order valence-electron chi connectivity index (χ3n) is 4.99. The second-order valence-electron chi connectivity index (χ2n) is 6.52. The minimum absolute atomic E-state index is 0.181. The first kappa shape index (κ1) is 15.6.